The van der Waals surface area contributed by atoms with E-state index in [9.17, 15) is 4.39 Å². The van der Waals surface area contributed by atoms with Crippen molar-refractivity contribution in [1.82, 2.24) is 10.6 Å². The zero-order valence-corrected chi connectivity index (χ0v) is 14.3. The van der Waals surface area contributed by atoms with Crippen molar-refractivity contribution in [3.63, 3.8) is 0 Å². The molecule has 23 heavy (non-hydrogen) atoms. The van der Waals surface area contributed by atoms with E-state index in [-0.39, 0.29) is 5.82 Å². The minimum absolute atomic E-state index is 0.204. The van der Waals surface area contributed by atoms with Crippen LogP contribution in [0.5, 0.6) is 0 Å². The second kappa shape index (κ2) is 9.25. The SMILES string of the molecule is CCNC(=NCc1ccc(F)cc1CSC)NCc1ccco1. The van der Waals surface area contributed by atoms with Gasteiger partial charge < -0.3 is 15.1 Å². The average Bonchev–Trinajstić information content (AvgIpc) is 3.05. The molecule has 0 saturated carbocycles. The van der Waals surface area contributed by atoms with E-state index in [4.69, 9.17) is 4.42 Å². The van der Waals surface area contributed by atoms with Crippen LogP contribution < -0.4 is 10.6 Å². The monoisotopic (exact) mass is 335 g/mol. The summed E-state index contributed by atoms with van der Waals surface area (Å²) in [6.45, 7) is 3.86. The Morgan fingerprint density at radius 1 is 1.26 bits per heavy atom. The molecule has 2 rings (SSSR count). The van der Waals surface area contributed by atoms with E-state index < -0.39 is 0 Å². The number of benzene rings is 1. The molecule has 6 heteroatoms. The number of rotatable bonds is 7. The van der Waals surface area contributed by atoms with Crippen molar-refractivity contribution in [3.8, 4) is 0 Å². The van der Waals surface area contributed by atoms with Gasteiger partial charge in [0, 0.05) is 12.3 Å². The van der Waals surface area contributed by atoms with Gasteiger partial charge in [-0.15, -0.1) is 0 Å². The highest BCUT2D eigenvalue weighted by atomic mass is 32.2. The van der Waals surface area contributed by atoms with Crippen LogP contribution in [-0.4, -0.2) is 18.8 Å². The molecule has 0 bridgehead atoms. The molecule has 2 aromatic rings. The summed E-state index contributed by atoms with van der Waals surface area (Å²) in [5, 5.41) is 6.42. The van der Waals surface area contributed by atoms with Crippen molar-refractivity contribution in [2.45, 2.75) is 25.8 Å². The lowest BCUT2D eigenvalue weighted by molar-refractivity contribution is 0.501. The Bertz CT molecular complexity index is 629. The molecule has 0 aliphatic rings. The summed E-state index contributed by atoms with van der Waals surface area (Å²) in [5.74, 6) is 2.13. The number of halogens is 1. The first-order chi connectivity index (χ1) is 11.2. The normalized spacial score (nSPS) is 11.5. The third-order valence-electron chi connectivity index (χ3n) is 3.23. The lowest BCUT2D eigenvalue weighted by Gasteiger charge is -2.11. The van der Waals surface area contributed by atoms with Gasteiger partial charge in [0.1, 0.15) is 11.6 Å². The number of hydrogen-bond donors (Lipinski definition) is 2. The third kappa shape index (κ3) is 5.63. The van der Waals surface area contributed by atoms with Crippen molar-refractivity contribution in [1.29, 1.82) is 0 Å². The van der Waals surface area contributed by atoms with Crippen LogP contribution in [0.25, 0.3) is 0 Å². The Balaban J connectivity index is 2.04. The minimum atomic E-state index is -0.204. The van der Waals surface area contributed by atoms with E-state index in [0.717, 1.165) is 29.2 Å². The maximum absolute atomic E-state index is 13.4. The summed E-state index contributed by atoms with van der Waals surface area (Å²) in [6.07, 6.45) is 3.65. The first kappa shape index (κ1) is 17.4. The van der Waals surface area contributed by atoms with E-state index in [1.165, 1.54) is 6.07 Å². The Hall–Kier alpha value is -1.95. The first-order valence-corrected chi connectivity index (χ1v) is 8.93. The fourth-order valence-corrected chi connectivity index (χ4v) is 2.71. The predicted octanol–water partition coefficient (Wildman–Crippen LogP) is 3.54. The number of thioether (sulfide) groups is 1. The summed E-state index contributed by atoms with van der Waals surface area (Å²) in [4.78, 5) is 4.58. The Kier molecular flexibility index (Phi) is 7.00. The molecule has 0 atom stereocenters. The zero-order valence-electron chi connectivity index (χ0n) is 13.4. The molecule has 0 saturated heterocycles. The quantitative estimate of drug-likeness (QED) is 0.600. The summed E-state index contributed by atoms with van der Waals surface area (Å²) < 4.78 is 18.7. The van der Waals surface area contributed by atoms with Crippen LogP contribution in [0.4, 0.5) is 4.39 Å². The fourth-order valence-electron chi connectivity index (χ4n) is 2.13. The lowest BCUT2D eigenvalue weighted by Crippen LogP contribution is -2.36. The lowest BCUT2D eigenvalue weighted by atomic mass is 10.1. The molecule has 2 N–H and O–H groups in total. The largest absolute Gasteiger partial charge is 0.467 e. The number of aliphatic imine (C=N–C) groups is 1. The van der Waals surface area contributed by atoms with Gasteiger partial charge in [-0.2, -0.15) is 11.8 Å². The number of nitrogens with one attached hydrogen (secondary N) is 2. The van der Waals surface area contributed by atoms with Gasteiger partial charge in [0.25, 0.3) is 0 Å². The molecular formula is C17H22FN3OS. The molecular weight excluding hydrogens is 313 g/mol. The molecule has 1 aromatic heterocycles. The smallest absolute Gasteiger partial charge is 0.191 e. The van der Waals surface area contributed by atoms with Gasteiger partial charge in [0.15, 0.2) is 5.96 Å². The van der Waals surface area contributed by atoms with Crippen molar-refractivity contribution in [3.05, 3.63) is 59.3 Å². The standard InChI is InChI=1S/C17H22FN3OS/c1-3-19-17(21-11-16-5-4-8-22-16)20-10-13-6-7-15(18)9-14(13)12-23-2/h4-9H,3,10-12H2,1-2H3,(H2,19,20,21). The summed E-state index contributed by atoms with van der Waals surface area (Å²) in [7, 11) is 0. The molecule has 4 nitrogen and oxygen atoms in total. The summed E-state index contributed by atoms with van der Waals surface area (Å²) in [6, 6.07) is 8.64. The molecule has 0 amide bonds. The summed E-state index contributed by atoms with van der Waals surface area (Å²) >= 11 is 1.67. The second-order valence-electron chi connectivity index (χ2n) is 4.97. The van der Waals surface area contributed by atoms with E-state index in [1.807, 2.05) is 25.3 Å². The van der Waals surface area contributed by atoms with Gasteiger partial charge in [-0.3, -0.25) is 0 Å². The highest BCUT2D eigenvalue weighted by Gasteiger charge is 2.05. The van der Waals surface area contributed by atoms with Crippen LogP contribution in [-0.2, 0) is 18.8 Å². The molecule has 0 spiro atoms. The van der Waals surface area contributed by atoms with Crippen molar-refractivity contribution in [2.75, 3.05) is 12.8 Å². The van der Waals surface area contributed by atoms with Crippen LogP contribution in [0.2, 0.25) is 0 Å². The first-order valence-electron chi connectivity index (χ1n) is 7.53. The Morgan fingerprint density at radius 3 is 2.83 bits per heavy atom. The van der Waals surface area contributed by atoms with Gasteiger partial charge in [0.2, 0.25) is 0 Å². The maximum Gasteiger partial charge on any atom is 0.191 e. The van der Waals surface area contributed by atoms with Gasteiger partial charge in [-0.25, -0.2) is 9.38 Å². The summed E-state index contributed by atoms with van der Waals surface area (Å²) in [5.41, 5.74) is 2.03. The molecule has 0 aliphatic heterocycles. The zero-order chi connectivity index (χ0) is 16.5. The number of furan rings is 1. The highest BCUT2D eigenvalue weighted by Crippen LogP contribution is 2.17. The minimum Gasteiger partial charge on any atom is -0.467 e. The Morgan fingerprint density at radius 2 is 2.13 bits per heavy atom. The van der Waals surface area contributed by atoms with Crippen LogP contribution in [0.1, 0.15) is 23.8 Å². The van der Waals surface area contributed by atoms with E-state index in [0.29, 0.717) is 19.0 Å². The van der Waals surface area contributed by atoms with Gasteiger partial charge in [-0.1, -0.05) is 6.07 Å². The molecule has 0 unspecified atom stereocenters. The van der Waals surface area contributed by atoms with Crippen LogP contribution in [0, 0.1) is 5.82 Å². The highest BCUT2D eigenvalue weighted by molar-refractivity contribution is 7.97. The Labute approximate surface area is 140 Å². The third-order valence-corrected chi connectivity index (χ3v) is 3.83. The predicted molar refractivity (Wildman–Crippen MR) is 94.0 cm³/mol. The van der Waals surface area contributed by atoms with Crippen LogP contribution >= 0.6 is 11.8 Å². The van der Waals surface area contributed by atoms with Crippen LogP contribution in [0.15, 0.2) is 46.0 Å². The molecule has 0 radical (unpaired) electrons. The topological polar surface area (TPSA) is 49.6 Å². The molecule has 0 aliphatic carbocycles. The van der Waals surface area contributed by atoms with Crippen molar-refractivity contribution >= 4 is 17.7 Å². The number of nitrogens with zero attached hydrogens (tertiary/aromatic N) is 1. The number of guanidine groups is 1. The van der Waals surface area contributed by atoms with Gasteiger partial charge in [0.05, 0.1) is 19.4 Å². The maximum atomic E-state index is 13.4. The number of hydrogen-bond acceptors (Lipinski definition) is 3. The molecule has 0 fully saturated rings. The average molecular weight is 335 g/mol. The van der Waals surface area contributed by atoms with Gasteiger partial charge in [-0.05, 0) is 48.6 Å². The molecule has 1 heterocycles. The second-order valence-corrected chi connectivity index (χ2v) is 5.84. The van der Waals surface area contributed by atoms with Crippen LogP contribution in [0.3, 0.4) is 0 Å². The van der Waals surface area contributed by atoms with E-state index in [2.05, 4.69) is 15.6 Å². The van der Waals surface area contributed by atoms with Crippen molar-refractivity contribution in [2.24, 2.45) is 4.99 Å². The molecule has 124 valence electrons. The van der Waals surface area contributed by atoms with Gasteiger partial charge >= 0.3 is 0 Å². The van der Waals surface area contributed by atoms with E-state index >= 15 is 0 Å². The van der Waals surface area contributed by atoms with E-state index in [1.54, 1.807) is 30.2 Å². The van der Waals surface area contributed by atoms with Crippen molar-refractivity contribution < 1.29 is 8.81 Å². The molecule has 1 aromatic carbocycles. The fraction of sp³-hybridized carbons (Fsp3) is 0.353.